The predicted molar refractivity (Wildman–Crippen MR) is 110 cm³/mol. The van der Waals surface area contributed by atoms with Crippen molar-refractivity contribution in [3.63, 3.8) is 0 Å². The summed E-state index contributed by atoms with van der Waals surface area (Å²) in [5.74, 6) is 0. The molecule has 0 amide bonds. The van der Waals surface area contributed by atoms with E-state index in [-0.39, 0.29) is 0 Å². The van der Waals surface area contributed by atoms with Crippen molar-refractivity contribution in [1.82, 2.24) is 4.57 Å². The van der Waals surface area contributed by atoms with Crippen LogP contribution in [-0.2, 0) is 6.42 Å². The minimum Gasteiger partial charge on any atom is -0.309 e. The van der Waals surface area contributed by atoms with E-state index in [0.717, 1.165) is 6.42 Å². The second-order valence-electron chi connectivity index (χ2n) is 6.70. The summed E-state index contributed by atoms with van der Waals surface area (Å²) in [7, 11) is 0. The van der Waals surface area contributed by atoms with Crippen molar-refractivity contribution in [3.8, 4) is 5.69 Å². The topological polar surface area (TPSA) is 4.93 Å². The molecule has 0 aliphatic rings. The highest BCUT2D eigenvalue weighted by Gasteiger charge is 2.10. The molecule has 0 aliphatic heterocycles. The van der Waals surface area contributed by atoms with Crippen molar-refractivity contribution in [1.29, 1.82) is 0 Å². The van der Waals surface area contributed by atoms with Crippen LogP contribution < -0.4 is 0 Å². The van der Waals surface area contributed by atoms with E-state index < -0.39 is 0 Å². The molecule has 4 aromatic carbocycles. The third kappa shape index (κ3) is 2.49. The molecule has 0 saturated heterocycles. The Morgan fingerprint density at radius 3 is 1.58 bits per heavy atom. The molecule has 0 aliphatic carbocycles. The molecule has 1 aromatic heterocycles. The van der Waals surface area contributed by atoms with Crippen LogP contribution in [0.4, 0.5) is 0 Å². The molecule has 0 fully saturated rings. The molecular formula is C25H19N. The fraction of sp³-hybridized carbons (Fsp3) is 0.0400. The van der Waals surface area contributed by atoms with E-state index in [1.807, 2.05) is 0 Å². The highest BCUT2D eigenvalue weighted by Crippen LogP contribution is 2.31. The summed E-state index contributed by atoms with van der Waals surface area (Å²) in [5.41, 5.74) is 6.39. The summed E-state index contributed by atoms with van der Waals surface area (Å²) in [6.07, 6.45) is 0.967. The molecule has 1 heterocycles. The number of fused-ring (bicyclic) bond motifs is 3. The van der Waals surface area contributed by atoms with Crippen LogP contribution >= 0.6 is 0 Å². The van der Waals surface area contributed by atoms with Crippen LogP contribution in [-0.4, -0.2) is 4.57 Å². The lowest BCUT2D eigenvalue weighted by Gasteiger charge is -2.09. The molecule has 0 radical (unpaired) electrons. The summed E-state index contributed by atoms with van der Waals surface area (Å²) in [5, 5.41) is 2.60. The van der Waals surface area contributed by atoms with Gasteiger partial charge in [-0.05, 0) is 41.8 Å². The molecule has 26 heavy (non-hydrogen) atoms. The van der Waals surface area contributed by atoms with Gasteiger partial charge in [0.2, 0.25) is 0 Å². The molecule has 5 aromatic rings. The van der Waals surface area contributed by atoms with Crippen LogP contribution in [0, 0.1) is 0 Å². The fourth-order valence-electron chi connectivity index (χ4n) is 3.80. The molecule has 1 nitrogen and oxygen atoms in total. The van der Waals surface area contributed by atoms with Crippen LogP contribution in [0.1, 0.15) is 11.1 Å². The fourth-order valence-corrected chi connectivity index (χ4v) is 3.80. The first kappa shape index (κ1) is 15.0. The van der Waals surface area contributed by atoms with Gasteiger partial charge in [0.1, 0.15) is 0 Å². The van der Waals surface area contributed by atoms with Gasteiger partial charge in [-0.2, -0.15) is 0 Å². The SMILES string of the molecule is c1ccc(Cc2ccc(-n3c4ccccc4c4ccccc43)cc2)cc1. The summed E-state index contributed by atoms with van der Waals surface area (Å²) in [6.45, 7) is 0. The van der Waals surface area contributed by atoms with Gasteiger partial charge < -0.3 is 4.57 Å². The Morgan fingerprint density at radius 2 is 0.962 bits per heavy atom. The molecule has 0 saturated carbocycles. The second-order valence-corrected chi connectivity index (χ2v) is 6.70. The van der Waals surface area contributed by atoms with Crippen molar-refractivity contribution in [3.05, 3.63) is 114 Å². The zero-order chi connectivity index (χ0) is 17.3. The quantitative estimate of drug-likeness (QED) is 0.361. The lowest BCUT2D eigenvalue weighted by molar-refractivity contribution is 1.15. The van der Waals surface area contributed by atoms with Crippen molar-refractivity contribution in [2.45, 2.75) is 6.42 Å². The first-order valence-corrected chi connectivity index (χ1v) is 9.01. The molecule has 124 valence electrons. The Kier molecular flexibility index (Phi) is 3.57. The number of hydrogen-bond donors (Lipinski definition) is 0. The summed E-state index contributed by atoms with van der Waals surface area (Å²) < 4.78 is 2.36. The first-order chi connectivity index (χ1) is 12.9. The van der Waals surface area contributed by atoms with Gasteiger partial charge in [0, 0.05) is 16.5 Å². The van der Waals surface area contributed by atoms with Crippen molar-refractivity contribution in [2.75, 3.05) is 0 Å². The summed E-state index contributed by atoms with van der Waals surface area (Å²) in [4.78, 5) is 0. The maximum Gasteiger partial charge on any atom is 0.0541 e. The molecule has 5 rings (SSSR count). The average Bonchev–Trinajstić information content (AvgIpc) is 3.04. The number of rotatable bonds is 3. The van der Waals surface area contributed by atoms with Crippen LogP contribution in [0.15, 0.2) is 103 Å². The third-order valence-corrected chi connectivity index (χ3v) is 5.03. The van der Waals surface area contributed by atoms with Crippen molar-refractivity contribution < 1.29 is 0 Å². The molecule has 1 heteroatoms. The summed E-state index contributed by atoms with van der Waals surface area (Å²) >= 11 is 0. The van der Waals surface area contributed by atoms with Gasteiger partial charge >= 0.3 is 0 Å². The smallest absolute Gasteiger partial charge is 0.0541 e. The van der Waals surface area contributed by atoms with Crippen LogP contribution in [0.3, 0.4) is 0 Å². The second kappa shape index (κ2) is 6.20. The highest BCUT2D eigenvalue weighted by molar-refractivity contribution is 6.09. The van der Waals surface area contributed by atoms with Gasteiger partial charge in [0.05, 0.1) is 11.0 Å². The Bertz CT molecular complexity index is 1130. The van der Waals surface area contributed by atoms with Crippen molar-refractivity contribution >= 4 is 21.8 Å². The summed E-state index contributed by atoms with van der Waals surface area (Å²) in [6, 6.07) is 36.8. The third-order valence-electron chi connectivity index (χ3n) is 5.03. The Labute approximate surface area is 153 Å². The Morgan fingerprint density at radius 1 is 0.462 bits per heavy atom. The standard InChI is InChI=1S/C25H19N/c1-2-8-19(9-3-1)18-20-14-16-21(17-15-20)26-24-12-6-4-10-22(24)23-11-5-7-13-25(23)26/h1-17H,18H2. The average molecular weight is 333 g/mol. The van der Waals surface area contributed by atoms with Gasteiger partial charge in [0.25, 0.3) is 0 Å². The highest BCUT2D eigenvalue weighted by atomic mass is 15.0. The van der Waals surface area contributed by atoms with E-state index in [1.54, 1.807) is 0 Å². The normalized spacial score (nSPS) is 11.2. The lowest BCUT2D eigenvalue weighted by atomic mass is 10.0. The van der Waals surface area contributed by atoms with Crippen molar-refractivity contribution in [2.24, 2.45) is 0 Å². The molecule has 0 spiro atoms. The Hall–Kier alpha value is -3.32. The van der Waals surface area contributed by atoms with E-state index in [1.165, 1.54) is 38.6 Å². The van der Waals surface area contributed by atoms with E-state index in [9.17, 15) is 0 Å². The first-order valence-electron chi connectivity index (χ1n) is 9.01. The van der Waals surface area contributed by atoms with E-state index in [2.05, 4.69) is 108 Å². The molecule has 0 atom stereocenters. The van der Waals surface area contributed by atoms with Gasteiger partial charge in [-0.3, -0.25) is 0 Å². The van der Waals surface area contributed by atoms with Gasteiger partial charge in [-0.1, -0.05) is 78.9 Å². The number of nitrogens with zero attached hydrogens (tertiary/aromatic N) is 1. The van der Waals surface area contributed by atoms with Crippen LogP contribution in [0.25, 0.3) is 27.5 Å². The minimum atomic E-state index is 0.967. The van der Waals surface area contributed by atoms with Crippen LogP contribution in [0.5, 0.6) is 0 Å². The molecule has 0 unspecified atom stereocenters. The van der Waals surface area contributed by atoms with Gasteiger partial charge in [0.15, 0.2) is 0 Å². The number of aromatic nitrogens is 1. The van der Waals surface area contributed by atoms with E-state index in [4.69, 9.17) is 0 Å². The maximum atomic E-state index is 2.36. The van der Waals surface area contributed by atoms with Gasteiger partial charge in [-0.25, -0.2) is 0 Å². The number of hydrogen-bond acceptors (Lipinski definition) is 0. The van der Waals surface area contributed by atoms with Gasteiger partial charge in [-0.15, -0.1) is 0 Å². The molecule has 0 N–H and O–H groups in total. The maximum absolute atomic E-state index is 2.36. The minimum absolute atomic E-state index is 0.967. The zero-order valence-electron chi connectivity index (χ0n) is 14.5. The molecule has 0 bridgehead atoms. The van der Waals surface area contributed by atoms with E-state index in [0.29, 0.717) is 0 Å². The monoisotopic (exact) mass is 333 g/mol. The molecular weight excluding hydrogens is 314 g/mol. The predicted octanol–water partition coefficient (Wildman–Crippen LogP) is 6.37. The number of para-hydroxylation sites is 2. The lowest BCUT2D eigenvalue weighted by Crippen LogP contribution is -1.95. The number of benzene rings is 4. The van der Waals surface area contributed by atoms with Crippen LogP contribution in [0.2, 0.25) is 0 Å². The largest absolute Gasteiger partial charge is 0.309 e. The Balaban J connectivity index is 1.61. The zero-order valence-corrected chi connectivity index (χ0v) is 14.5. The van der Waals surface area contributed by atoms with E-state index >= 15 is 0 Å².